The van der Waals surface area contributed by atoms with Gasteiger partial charge >= 0.3 is 5.97 Å². The summed E-state index contributed by atoms with van der Waals surface area (Å²) in [6, 6.07) is 14.5. The van der Waals surface area contributed by atoms with Gasteiger partial charge in [-0.15, -0.1) is 0 Å². The maximum Gasteiger partial charge on any atom is 0.330 e. The molecule has 0 bridgehead atoms. The van der Waals surface area contributed by atoms with Crippen LogP contribution >= 0.6 is 0 Å². The van der Waals surface area contributed by atoms with Crippen molar-refractivity contribution in [2.45, 2.75) is 32.7 Å². The van der Waals surface area contributed by atoms with Crippen molar-refractivity contribution in [2.75, 3.05) is 19.7 Å². The number of likely N-dealkylation sites (tertiary alicyclic amines) is 1. The van der Waals surface area contributed by atoms with E-state index in [0.29, 0.717) is 24.9 Å². The number of piperidine rings is 1. The highest BCUT2D eigenvalue weighted by Gasteiger charge is 2.43. The summed E-state index contributed by atoms with van der Waals surface area (Å²) in [5.74, 6) is -1.31. The average Bonchev–Trinajstić information content (AvgIpc) is 3.06. The molecular weight excluding hydrogens is 420 g/mol. The largest absolute Gasteiger partial charge is 0.454 e. The van der Waals surface area contributed by atoms with Crippen molar-refractivity contribution in [3.8, 4) is 0 Å². The number of ether oxygens (including phenoxy) is 1. The molecule has 3 amide bonds. The molecular formula is C26H28N2O5. The number of nitrogens with zero attached hydrogens (tertiary/aromatic N) is 2. The van der Waals surface area contributed by atoms with Crippen molar-refractivity contribution in [1.82, 2.24) is 9.80 Å². The van der Waals surface area contributed by atoms with Crippen molar-refractivity contribution in [3.63, 3.8) is 0 Å². The van der Waals surface area contributed by atoms with Crippen LogP contribution in [-0.4, -0.2) is 59.2 Å². The Balaban J connectivity index is 1.52. The van der Waals surface area contributed by atoms with Crippen molar-refractivity contribution in [3.05, 3.63) is 71.3 Å². The van der Waals surface area contributed by atoms with Crippen molar-refractivity contribution in [2.24, 2.45) is 11.8 Å². The number of hydrogen-bond donors (Lipinski definition) is 0. The summed E-state index contributed by atoms with van der Waals surface area (Å²) in [6.45, 7) is 5.05. The summed E-state index contributed by atoms with van der Waals surface area (Å²) in [7, 11) is 0. The van der Waals surface area contributed by atoms with Crippen LogP contribution in [0.5, 0.6) is 0 Å². The molecule has 7 nitrogen and oxygen atoms in total. The highest BCUT2D eigenvalue weighted by molar-refractivity contribution is 6.22. The minimum absolute atomic E-state index is 0.108. The van der Waals surface area contributed by atoms with Crippen LogP contribution in [0.1, 0.15) is 46.5 Å². The van der Waals surface area contributed by atoms with Crippen LogP contribution < -0.4 is 0 Å². The molecule has 2 aliphatic rings. The fourth-order valence-electron chi connectivity index (χ4n) is 4.80. The monoisotopic (exact) mass is 448 g/mol. The first-order chi connectivity index (χ1) is 15.8. The summed E-state index contributed by atoms with van der Waals surface area (Å²) < 4.78 is 5.39. The summed E-state index contributed by atoms with van der Waals surface area (Å²) in [5, 5.41) is 0. The Bertz CT molecular complexity index is 1020. The molecule has 172 valence electrons. The van der Waals surface area contributed by atoms with Crippen LogP contribution in [0.2, 0.25) is 0 Å². The highest BCUT2D eigenvalue weighted by atomic mass is 16.5. The molecule has 0 radical (unpaired) electrons. The molecule has 2 heterocycles. The molecule has 2 aliphatic heterocycles. The Hall–Kier alpha value is -3.48. The van der Waals surface area contributed by atoms with Crippen LogP contribution in [0.4, 0.5) is 0 Å². The molecule has 0 aliphatic carbocycles. The van der Waals surface area contributed by atoms with Crippen LogP contribution in [-0.2, 0) is 20.7 Å². The minimum atomic E-state index is -1.16. The molecule has 0 N–H and O–H groups in total. The number of carbonyl (C=O) groups excluding carboxylic acids is 4. The molecule has 1 saturated heterocycles. The van der Waals surface area contributed by atoms with E-state index < -0.39 is 30.4 Å². The van der Waals surface area contributed by atoms with Gasteiger partial charge in [0.2, 0.25) is 0 Å². The van der Waals surface area contributed by atoms with Gasteiger partial charge in [-0.3, -0.25) is 19.3 Å². The van der Waals surface area contributed by atoms with Crippen LogP contribution in [0.3, 0.4) is 0 Å². The first kappa shape index (κ1) is 22.7. The lowest BCUT2D eigenvalue weighted by atomic mass is 9.92. The second-order valence-electron chi connectivity index (χ2n) is 9.08. The third-order valence-electron chi connectivity index (χ3n) is 6.24. The Morgan fingerprint density at radius 2 is 1.45 bits per heavy atom. The lowest BCUT2D eigenvalue weighted by Gasteiger charge is -2.35. The second-order valence-corrected chi connectivity index (χ2v) is 9.08. The van der Waals surface area contributed by atoms with Gasteiger partial charge in [-0.2, -0.15) is 0 Å². The number of fused-ring (bicyclic) bond motifs is 1. The molecule has 7 heteroatoms. The molecule has 1 fully saturated rings. The van der Waals surface area contributed by atoms with E-state index in [1.807, 2.05) is 30.3 Å². The first-order valence-electron chi connectivity index (χ1n) is 11.3. The fourth-order valence-corrected chi connectivity index (χ4v) is 4.80. The van der Waals surface area contributed by atoms with E-state index in [9.17, 15) is 19.2 Å². The predicted molar refractivity (Wildman–Crippen MR) is 121 cm³/mol. The number of carbonyl (C=O) groups is 4. The van der Waals surface area contributed by atoms with Gasteiger partial charge in [0.1, 0.15) is 6.04 Å². The molecule has 3 unspecified atom stereocenters. The zero-order chi connectivity index (χ0) is 23.5. The molecule has 0 aromatic heterocycles. The van der Waals surface area contributed by atoms with Gasteiger partial charge in [0.25, 0.3) is 17.7 Å². The van der Waals surface area contributed by atoms with Crippen LogP contribution in [0, 0.1) is 11.8 Å². The third-order valence-corrected chi connectivity index (χ3v) is 6.24. The van der Waals surface area contributed by atoms with Crippen molar-refractivity contribution >= 4 is 23.7 Å². The van der Waals surface area contributed by atoms with E-state index in [1.165, 1.54) is 0 Å². The Kier molecular flexibility index (Phi) is 6.58. The number of imide groups is 1. The van der Waals surface area contributed by atoms with Gasteiger partial charge in [0.15, 0.2) is 6.61 Å². The number of amides is 3. The maximum absolute atomic E-state index is 13.2. The molecule has 2 aromatic carbocycles. The maximum atomic E-state index is 13.2. The summed E-state index contributed by atoms with van der Waals surface area (Å²) in [6.07, 6.45) is 1.17. The zero-order valence-electron chi connectivity index (χ0n) is 18.9. The number of esters is 1. The van der Waals surface area contributed by atoms with Gasteiger partial charge in [-0.05, 0) is 36.0 Å². The van der Waals surface area contributed by atoms with Crippen LogP contribution in [0.25, 0.3) is 0 Å². The number of hydrogen-bond acceptors (Lipinski definition) is 5. The highest BCUT2D eigenvalue weighted by Crippen LogP contribution is 2.27. The SMILES string of the molecule is CC1CC(C)CN(C(=O)COC(=O)C(Cc2ccccc2)N2C(=O)c3ccccc3C2=O)C1. The normalized spacial score (nSPS) is 21.0. The van der Waals surface area contributed by atoms with E-state index in [2.05, 4.69) is 13.8 Å². The van der Waals surface area contributed by atoms with Gasteiger partial charge < -0.3 is 9.64 Å². The van der Waals surface area contributed by atoms with Gasteiger partial charge in [0.05, 0.1) is 11.1 Å². The van der Waals surface area contributed by atoms with Gasteiger partial charge in [0, 0.05) is 19.5 Å². The van der Waals surface area contributed by atoms with Gasteiger partial charge in [-0.25, -0.2) is 4.79 Å². The Morgan fingerprint density at radius 3 is 2.03 bits per heavy atom. The molecule has 2 aromatic rings. The Labute approximate surface area is 193 Å². The standard InChI is InChI=1S/C26H28N2O5/c1-17-12-18(2)15-27(14-17)23(29)16-33-26(32)22(13-19-8-4-3-5-9-19)28-24(30)20-10-6-7-11-21(20)25(28)31/h3-11,17-18,22H,12-16H2,1-2H3. The lowest BCUT2D eigenvalue weighted by molar-refractivity contribution is -0.156. The van der Waals surface area contributed by atoms with Crippen molar-refractivity contribution in [1.29, 1.82) is 0 Å². The van der Waals surface area contributed by atoms with Gasteiger partial charge in [-0.1, -0.05) is 56.3 Å². The van der Waals surface area contributed by atoms with E-state index >= 15 is 0 Å². The van der Waals surface area contributed by atoms with E-state index in [1.54, 1.807) is 29.2 Å². The predicted octanol–water partition coefficient (Wildman–Crippen LogP) is 2.94. The average molecular weight is 449 g/mol. The number of benzene rings is 2. The first-order valence-corrected chi connectivity index (χ1v) is 11.3. The topological polar surface area (TPSA) is 84.0 Å². The smallest absolute Gasteiger partial charge is 0.330 e. The van der Waals surface area contributed by atoms with Crippen LogP contribution in [0.15, 0.2) is 54.6 Å². The quantitative estimate of drug-likeness (QED) is 0.501. The summed E-state index contributed by atoms with van der Waals surface area (Å²) in [5.41, 5.74) is 1.31. The zero-order valence-corrected chi connectivity index (χ0v) is 18.9. The molecule has 3 atom stereocenters. The minimum Gasteiger partial charge on any atom is -0.454 e. The Morgan fingerprint density at radius 1 is 0.909 bits per heavy atom. The fraction of sp³-hybridized carbons (Fsp3) is 0.385. The lowest BCUT2D eigenvalue weighted by Crippen LogP contribution is -2.48. The molecule has 0 spiro atoms. The van der Waals surface area contributed by atoms with E-state index in [0.717, 1.165) is 16.9 Å². The summed E-state index contributed by atoms with van der Waals surface area (Å²) in [4.78, 5) is 54.6. The number of rotatable bonds is 6. The molecule has 33 heavy (non-hydrogen) atoms. The van der Waals surface area contributed by atoms with E-state index in [4.69, 9.17) is 4.74 Å². The second kappa shape index (κ2) is 9.57. The van der Waals surface area contributed by atoms with E-state index in [-0.39, 0.29) is 23.5 Å². The third kappa shape index (κ3) is 4.82. The summed E-state index contributed by atoms with van der Waals surface area (Å²) >= 11 is 0. The molecule has 4 rings (SSSR count). The molecule has 0 saturated carbocycles. The van der Waals surface area contributed by atoms with Crippen molar-refractivity contribution < 1.29 is 23.9 Å².